The summed E-state index contributed by atoms with van der Waals surface area (Å²) in [5.41, 5.74) is 0.542. The average Bonchev–Trinajstić information content (AvgIpc) is 3.16. The highest BCUT2D eigenvalue weighted by Gasteiger charge is 2.26. The Balaban J connectivity index is 1.74. The minimum absolute atomic E-state index is 0.0150. The third kappa shape index (κ3) is 14.0. The topological polar surface area (TPSA) is 70.2 Å². The Hall–Kier alpha value is -1.10. The number of unbranched alkanes of at least 4 members (excludes halogenated alkanes) is 9. The number of rotatable bonds is 19. The van der Waals surface area contributed by atoms with Crippen LogP contribution in [0.25, 0.3) is 0 Å². The molecule has 1 unspecified atom stereocenters. The first-order valence-electron chi connectivity index (χ1n) is 12.7. The van der Waals surface area contributed by atoms with Crippen LogP contribution in [0.3, 0.4) is 0 Å². The van der Waals surface area contributed by atoms with Gasteiger partial charge in [-0.2, -0.15) is 0 Å². The van der Waals surface area contributed by atoms with Gasteiger partial charge in [0.2, 0.25) is 11.8 Å². The molecule has 1 rings (SSSR count). The molecule has 0 aromatic rings. The van der Waals surface area contributed by atoms with Gasteiger partial charge < -0.3 is 16.0 Å². The van der Waals surface area contributed by atoms with Crippen molar-refractivity contribution >= 4 is 11.8 Å². The van der Waals surface area contributed by atoms with Crippen molar-refractivity contribution in [2.45, 2.75) is 123 Å². The van der Waals surface area contributed by atoms with Crippen LogP contribution in [0.2, 0.25) is 0 Å². The van der Waals surface area contributed by atoms with Crippen LogP contribution in [-0.2, 0) is 9.59 Å². The van der Waals surface area contributed by atoms with E-state index in [1.54, 1.807) is 0 Å². The van der Waals surface area contributed by atoms with Crippen molar-refractivity contribution in [2.75, 3.05) is 19.6 Å². The summed E-state index contributed by atoms with van der Waals surface area (Å²) in [6, 6.07) is -0.316. The van der Waals surface area contributed by atoms with E-state index in [1.165, 1.54) is 77.0 Å². The molecular formula is C25H49N3O2. The summed E-state index contributed by atoms with van der Waals surface area (Å²) < 4.78 is 0. The molecule has 1 atom stereocenters. The van der Waals surface area contributed by atoms with Gasteiger partial charge in [0, 0.05) is 13.0 Å². The summed E-state index contributed by atoms with van der Waals surface area (Å²) in [6.07, 6.45) is 18.5. The van der Waals surface area contributed by atoms with Crippen molar-refractivity contribution < 1.29 is 9.59 Å². The second-order valence-electron chi connectivity index (χ2n) is 9.86. The van der Waals surface area contributed by atoms with E-state index in [9.17, 15) is 9.59 Å². The minimum Gasteiger partial charge on any atom is -0.354 e. The van der Waals surface area contributed by atoms with Crippen molar-refractivity contribution in [1.29, 1.82) is 0 Å². The zero-order chi connectivity index (χ0) is 22.1. The Labute approximate surface area is 185 Å². The zero-order valence-corrected chi connectivity index (χ0v) is 20.1. The Kier molecular flexibility index (Phi) is 14.9. The van der Waals surface area contributed by atoms with Crippen LogP contribution < -0.4 is 16.0 Å². The lowest BCUT2D eigenvalue weighted by Crippen LogP contribution is -2.42. The predicted molar refractivity (Wildman–Crippen MR) is 127 cm³/mol. The average molecular weight is 424 g/mol. The fourth-order valence-electron chi connectivity index (χ4n) is 3.93. The maximum atomic E-state index is 11.8. The number of hydrogen-bond acceptors (Lipinski definition) is 3. The molecule has 1 saturated heterocycles. The van der Waals surface area contributed by atoms with E-state index < -0.39 is 0 Å². The molecule has 1 aliphatic heterocycles. The zero-order valence-electron chi connectivity index (χ0n) is 20.1. The van der Waals surface area contributed by atoms with E-state index in [0.29, 0.717) is 24.8 Å². The second-order valence-corrected chi connectivity index (χ2v) is 9.86. The van der Waals surface area contributed by atoms with Gasteiger partial charge in [-0.05, 0) is 44.2 Å². The Morgan fingerprint density at radius 1 is 0.900 bits per heavy atom. The van der Waals surface area contributed by atoms with Gasteiger partial charge in [-0.15, -0.1) is 0 Å². The molecule has 0 saturated carbocycles. The Bertz CT molecular complexity index is 465. The monoisotopic (exact) mass is 423 g/mol. The molecule has 1 aliphatic rings. The molecule has 1 heterocycles. The molecule has 0 aromatic carbocycles. The van der Waals surface area contributed by atoms with Crippen molar-refractivity contribution in [1.82, 2.24) is 16.0 Å². The first-order valence-corrected chi connectivity index (χ1v) is 12.7. The summed E-state index contributed by atoms with van der Waals surface area (Å²) in [6.45, 7) is 9.77. The third-order valence-electron chi connectivity index (χ3n) is 6.56. The minimum atomic E-state index is -0.316. The fourth-order valence-corrected chi connectivity index (χ4v) is 3.93. The maximum Gasteiger partial charge on any atom is 0.242 e. The van der Waals surface area contributed by atoms with Crippen molar-refractivity contribution in [3.05, 3.63) is 0 Å². The molecule has 0 spiro atoms. The van der Waals surface area contributed by atoms with E-state index in [1.807, 2.05) is 0 Å². The third-order valence-corrected chi connectivity index (χ3v) is 6.56. The highest BCUT2D eigenvalue weighted by molar-refractivity contribution is 5.90. The maximum absolute atomic E-state index is 11.8. The van der Waals surface area contributed by atoms with Gasteiger partial charge in [0.05, 0.1) is 0 Å². The summed E-state index contributed by atoms with van der Waals surface area (Å²) in [7, 11) is 0. The lowest BCUT2D eigenvalue weighted by atomic mass is 9.84. The molecule has 176 valence electrons. The number of carbonyl (C=O) groups is 2. The van der Waals surface area contributed by atoms with Gasteiger partial charge in [0.1, 0.15) is 6.04 Å². The van der Waals surface area contributed by atoms with Crippen molar-refractivity contribution in [2.24, 2.45) is 5.41 Å². The number of amides is 2. The smallest absolute Gasteiger partial charge is 0.242 e. The van der Waals surface area contributed by atoms with Gasteiger partial charge in [-0.3, -0.25) is 9.59 Å². The molecule has 2 amide bonds. The highest BCUT2D eigenvalue weighted by Crippen LogP contribution is 2.27. The van der Waals surface area contributed by atoms with Gasteiger partial charge in [-0.1, -0.05) is 85.0 Å². The van der Waals surface area contributed by atoms with Gasteiger partial charge in [0.25, 0.3) is 0 Å². The second kappa shape index (κ2) is 16.6. The van der Waals surface area contributed by atoms with Crippen LogP contribution >= 0.6 is 0 Å². The first-order chi connectivity index (χ1) is 14.4. The molecule has 5 heteroatoms. The van der Waals surface area contributed by atoms with Crippen LogP contribution in [0.1, 0.15) is 117 Å². The highest BCUT2D eigenvalue weighted by atomic mass is 16.2. The van der Waals surface area contributed by atoms with Crippen LogP contribution in [0.15, 0.2) is 0 Å². The number of nitrogens with one attached hydrogen (secondary N) is 3. The number of hydrogen-bond donors (Lipinski definition) is 3. The molecule has 0 aliphatic carbocycles. The van der Waals surface area contributed by atoms with Crippen LogP contribution in [0.5, 0.6) is 0 Å². The molecule has 5 nitrogen and oxygen atoms in total. The lowest BCUT2D eigenvalue weighted by molar-refractivity contribution is -0.125. The largest absolute Gasteiger partial charge is 0.354 e. The van der Waals surface area contributed by atoms with E-state index in [2.05, 4.69) is 36.7 Å². The summed E-state index contributed by atoms with van der Waals surface area (Å²) >= 11 is 0. The van der Waals surface area contributed by atoms with Crippen molar-refractivity contribution in [3.63, 3.8) is 0 Å². The molecule has 30 heavy (non-hydrogen) atoms. The standard InChI is InChI=1S/C25H49N3O2/c1-4-25(2,3)18-13-11-9-7-5-6-8-10-12-14-19-26-20-15-21-27-24(30)22-16-17-23(29)28-22/h22,26H,4-21H2,1-3H3,(H,27,30)(H,28,29). The van der Waals surface area contributed by atoms with Crippen LogP contribution in [-0.4, -0.2) is 37.5 Å². The summed E-state index contributed by atoms with van der Waals surface area (Å²) in [5, 5.41) is 9.07. The molecule has 1 fully saturated rings. The Morgan fingerprint density at radius 3 is 2.03 bits per heavy atom. The molecular weight excluding hydrogens is 374 g/mol. The van der Waals surface area contributed by atoms with Gasteiger partial charge in [0.15, 0.2) is 0 Å². The van der Waals surface area contributed by atoms with E-state index in [0.717, 1.165) is 19.5 Å². The van der Waals surface area contributed by atoms with Crippen LogP contribution in [0, 0.1) is 5.41 Å². The fraction of sp³-hybridized carbons (Fsp3) is 0.920. The predicted octanol–water partition coefficient (Wildman–Crippen LogP) is 5.09. The molecule has 0 bridgehead atoms. The van der Waals surface area contributed by atoms with Gasteiger partial charge in [-0.25, -0.2) is 0 Å². The molecule has 0 aromatic heterocycles. The van der Waals surface area contributed by atoms with E-state index in [-0.39, 0.29) is 17.9 Å². The van der Waals surface area contributed by atoms with E-state index in [4.69, 9.17) is 0 Å². The molecule has 0 radical (unpaired) electrons. The lowest BCUT2D eigenvalue weighted by Gasteiger charge is -2.22. The quantitative estimate of drug-likeness (QED) is 0.253. The van der Waals surface area contributed by atoms with Crippen LogP contribution in [0.4, 0.5) is 0 Å². The summed E-state index contributed by atoms with van der Waals surface area (Å²) in [5.74, 6) is -0.0555. The van der Waals surface area contributed by atoms with E-state index >= 15 is 0 Å². The summed E-state index contributed by atoms with van der Waals surface area (Å²) in [4.78, 5) is 23.0. The number of carbonyl (C=O) groups excluding carboxylic acids is 2. The first kappa shape index (κ1) is 26.9. The SMILES string of the molecule is CCC(C)(C)CCCCCCCCCCCCNCCCNC(=O)C1CCC(=O)N1. The van der Waals surface area contributed by atoms with Crippen molar-refractivity contribution in [3.8, 4) is 0 Å². The normalized spacial score (nSPS) is 16.6. The Morgan fingerprint density at radius 2 is 1.47 bits per heavy atom. The van der Waals surface area contributed by atoms with Gasteiger partial charge >= 0.3 is 0 Å². The molecule has 3 N–H and O–H groups in total.